The Hall–Kier alpha value is -2.30. The van der Waals surface area contributed by atoms with Crippen LogP contribution >= 0.6 is 0 Å². The summed E-state index contributed by atoms with van der Waals surface area (Å²) in [7, 11) is 0. The molecule has 16 heavy (non-hydrogen) atoms. The summed E-state index contributed by atoms with van der Waals surface area (Å²) in [5, 5.41) is 0.782. The Balaban J connectivity index is 2.69. The van der Waals surface area contributed by atoms with E-state index in [1.165, 1.54) is 6.07 Å². The van der Waals surface area contributed by atoms with Crippen LogP contribution < -0.4 is 11.4 Å². The molecule has 0 aliphatic carbocycles. The summed E-state index contributed by atoms with van der Waals surface area (Å²) >= 11 is 0. The number of hydrogen-bond donors (Lipinski definition) is 1. The number of oxazole rings is 1. The van der Waals surface area contributed by atoms with Crippen molar-refractivity contribution in [2.45, 2.75) is 6.92 Å². The quantitative estimate of drug-likeness (QED) is 0.579. The lowest BCUT2D eigenvalue weighted by molar-refractivity contribution is 0.555. The Labute approximate surface area is 88.3 Å². The molecule has 5 nitrogen and oxygen atoms in total. The number of H-pyrrole nitrogens is 1. The number of nitrogens with one attached hydrogen (secondary N) is 1. The highest BCUT2D eigenvalue weighted by Crippen LogP contribution is 2.23. The van der Waals surface area contributed by atoms with Crippen molar-refractivity contribution in [1.82, 2.24) is 4.98 Å². The fraction of sp³-hybridized carbons (Fsp3) is 0.0909. The molecule has 0 saturated carbocycles. The van der Waals surface area contributed by atoms with E-state index < -0.39 is 11.4 Å². The van der Waals surface area contributed by atoms with Crippen molar-refractivity contribution in [1.29, 1.82) is 0 Å². The minimum Gasteiger partial charge on any atom is -0.420 e. The van der Waals surface area contributed by atoms with Crippen LogP contribution in [0, 0.1) is 6.92 Å². The van der Waals surface area contributed by atoms with Crippen molar-refractivity contribution in [2.75, 3.05) is 0 Å². The number of aromatic nitrogens is 1. The van der Waals surface area contributed by atoms with Gasteiger partial charge in [0.25, 0.3) is 0 Å². The number of benzene rings is 1. The molecule has 0 unspecified atom stereocenters. The first kappa shape index (κ1) is 8.96. The number of fused-ring (bicyclic) bond motifs is 3. The summed E-state index contributed by atoms with van der Waals surface area (Å²) in [4.78, 5) is 24.8. The summed E-state index contributed by atoms with van der Waals surface area (Å²) < 4.78 is 9.97. The van der Waals surface area contributed by atoms with Gasteiger partial charge in [0.1, 0.15) is 5.52 Å². The summed E-state index contributed by atoms with van der Waals surface area (Å²) in [6.07, 6.45) is 0. The molecule has 0 aliphatic rings. The maximum atomic E-state index is 11.3. The predicted octanol–water partition coefficient (Wildman–Crippen LogP) is 1.54. The Morgan fingerprint density at radius 2 is 2.00 bits per heavy atom. The molecule has 3 rings (SSSR count). The smallest absolute Gasteiger partial charge is 0.417 e. The Morgan fingerprint density at radius 3 is 2.81 bits per heavy atom. The van der Waals surface area contributed by atoms with Crippen LogP contribution in [0.15, 0.2) is 36.6 Å². The number of rotatable bonds is 0. The van der Waals surface area contributed by atoms with Gasteiger partial charge in [0.05, 0.1) is 0 Å². The number of hydrogen-bond acceptors (Lipinski definition) is 4. The molecule has 1 aromatic carbocycles. The van der Waals surface area contributed by atoms with E-state index >= 15 is 0 Å². The molecule has 0 saturated heterocycles. The fourth-order valence-electron chi connectivity index (χ4n) is 1.80. The topological polar surface area (TPSA) is 76.2 Å². The largest absolute Gasteiger partial charge is 0.420 e. The number of aryl methyl sites for hydroxylation is 1. The Kier molecular flexibility index (Phi) is 1.60. The highest BCUT2D eigenvalue weighted by molar-refractivity contribution is 6.00. The van der Waals surface area contributed by atoms with E-state index in [0.29, 0.717) is 16.7 Å². The maximum Gasteiger partial charge on any atom is 0.417 e. The van der Waals surface area contributed by atoms with Crippen molar-refractivity contribution in [3.05, 3.63) is 44.7 Å². The summed E-state index contributed by atoms with van der Waals surface area (Å²) in [5.41, 5.74) is 1.51. The Bertz CT molecular complexity index is 806. The zero-order valence-corrected chi connectivity index (χ0v) is 8.37. The van der Waals surface area contributed by atoms with Crippen molar-refractivity contribution >= 4 is 22.1 Å². The average molecular weight is 217 g/mol. The third kappa shape index (κ3) is 1.11. The van der Waals surface area contributed by atoms with Gasteiger partial charge in [0.2, 0.25) is 0 Å². The van der Waals surface area contributed by atoms with E-state index in [4.69, 9.17) is 8.83 Å². The third-order valence-corrected chi connectivity index (χ3v) is 2.51. The molecule has 1 N–H and O–H groups in total. The first-order chi connectivity index (χ1) is 7.65. The van der Waals surface area contributed by atoms with E-state index in [9.17, 15) is 9.59 Å². The lowest BCUT2D eigenvalue weighted by atomic mass is 10.1. The summed E-state index contributed by atoms with van der Waals surface area (Å²) in [6.45, 7) is 1.81. The van der Waals surface area contributed by atoms with Gasteiger partial charge in [0, 0.05) is 11.5 Å². The second-order valence-corrected chi connectivity index (χ2v) is 3.58. The highest BCUT2D eigenvalue weighted by atomic mass is 16.4. The molecule has 5 heteroatoms. The van der Waals surface area contributed by atoms with Crippen LogP contribution in [0.2, 0.25) is 0 Å². The zero-order valence-electron chi connectivity index (χ0n) is 8.37. The number of aromatic amines is 1. The van der Waals surface area contributed by atoms with Crippen LogP contribution in [0.3, 0.4) is 0 Å². The highest BCUT2D eigenvalue weighted by Gasteiger charge is 2.10. The van der Waals surface area contributed by atoms with Gasteiger partial charge in [-0.3, -0.25) is 4.98 Å². The van der Waals surface area contributed by atoms with Crippen LogP contribution in [0.4, 0.5) is 0 Å². The van der Waals surface area contributed by atoms with Gasteiger partial charge in [-0.25, -0.2) is 9.59 Å². The van der Waals surface area contributed by atoms with Crippen LogP contribution in [0.25, 0.3) is 22.1 Å². The van der Waals surface area contributed by atoms with Gasteiger partial charge >= 0.3 is 11.4 Å². The van der Waals surface area contributed by atoms with Crippen LogP contribution in [0.5, 0.6) is 0 Å². The molecule has 0 fully saturated rings. The fourth-order valence-corrected chi connectivity index (χ4v) is 1.80. The van der Waals surface area contributed by atoms with Gasteiger partial charge < -0.3 is 8.83 Å². The molecule has 0 radical (unpaired) electrons. The van der Waals surface area contributed by atoms with Crippen molar-refractivity contribution in [3.63, 3.8) is 0 Å². The third-order valence-electron chi connectivity index (χ3n) is 2.51. The molecular weight excluding hydrogens is 210 g/mol. The normalized spacial score (nSPS) is 11.3. The molecule has 0 aliphatic heterocycles. The van der Waals surface area contributed by atoms with Crippen LogP contribution in [0.1, 0.15) is 5.56 Å². The van der Waals surface area contributed by atoms with Gasteiger partial charge in [-0.2, -0.15) is 0 Å². The molecule has 0 atom stereocenters. The molecule has 2 heterocycles. The van der Waals surface area contributed by atoms with E-state index in [1.54, 1.807) is 12.1 Å². The molecule has 0 spiro atoms. The van der Waals surface area contributed by atoms with E-state index in [1.807, 2.05) is 6.92 Å². The SMILES string of the molecule is Cc1cc(=O)oc2c1ccc1oc(=O)[nH]c12. The summed E-state index contributed by atoms with van der Waals surface area (Å²) in [5.74, 6) is -0.563. The predicted molar refractivity (Wildman–Crippen MR) is 57.6 cm³/mol. The minimum absolute atomic E-state index is 0.355. The zero-order chi connectivity index (χ0) is 11.3. The second kappa shape index (κ2) is 2.85. The van der Waals surface area contributed by atoms with Gasteiger partial charge in [-0.1, -0.05) is 0 Å². The van der Waals surface area contributed by atoms with Gasteiger partial charge in [0.15, 0.2) is 11.2 Å². The molecule has 3 aromatic rings. The van der Waals surface area contributed by atoms with Crippen molar-refractivity contribution < 1.29 is 8.83 Å². The van der Waals surface area contributed by atoms with Gasteiger partial charge in [-0.05, 0) is 24.6 Å². The first-order valence-electron chi connectivity index (χ1n) is 4.71. The summed E-state index contributed by atoms with van der Waals surface area (Å²) in [6, 6.07) is 4.83. The van der Waals surface area contributed by atoms with Crippen molar-refractivity contribution in [2.24, 2.45) is 0 Å². The Morgan fingerprint density at radius 1 is 1.19 bits per heavy atom. The van der Waals surface area contributed by atoms with E-state index in [-0.39, 0.29) is 0 Å². The minimum atomic E-state index is -0.563. The molecule has 80 valence electrons. The second-order valence-electron chi connectivity index (χ2n) is 3.58. The molecule has 0 bridgehead atoms. The van der Waals surface area contributed by atoms with Crippen molar-refractivity contribution in [3.8, 4) is 0 Å². The standard InChI is InChI=1S/C11H7NO4/c1-5-4-8(13)16-10-6(5)2-3-7-9(10)12-11(14)15-7/h2-4H,1H3,(H,12,14). The van der Waals surface area contributed by atoms with E-state index in [0.717, 1.165) is 10.9 Å². The first-order valence-corrected chi connectivity index (χ1v) is 4.71. The molecule has 0 amide bonds. The van der Waals surface area contributed by atoms with E-state index in [2.05, 4.69) is 4.98 Å². The maximum absolute atomic E-state index is 11.3. The van der Waals surface area contributed by atoms with Gasteiger partial charge in [-0.15, -0.1) is 0 Å². The monoisotopic (exact) mass is 217 g/mol. The molecular formula is C11H7NO4. The molecule has 2 aromatic heterocycles. The van der Waals surface area contributed by atoms with Crippen LogP contribution in [-0.4, -0.2) is 4.98 Å². The van der Waals surface area contributed by atoms with Crippen LogP contribution in [-0.2, 0) is 0 Å². The average Bonchev–Trinajstić information content (AvgIpc) is 2.58. The lowest BCUT2D eigenvalue weighted by Gasteiger charge is -1.99. The lowest BCUT2D eigenvalue weighted by Crippen LogP contribution is -1.98.